The van der Waals surface area contributed by atoms with E-state index in [4.69, 9.17) is 19.1 Å². The molecule has 1 amide bonds. The number of furan rings is 1. The molecule has 0 aliphatic carbocycles. The van der Waals surface area contributed by atoms with Gasteiger partial charge in [0.25, 0.3) is 0 Å². The number of hydrogen-bond donors (Lipinski definition) is 2. The molecule has 0 saturated heterocycles. The summed E-state index contributed by atoms with van der Waals surface area (Å²) in [5.74, 6) is -2.75. The molecular formula is C19H24F3N3O5. The number of amides is 1. The number of carbonyl (C=O) groups is 2. The highest BCUT2D eigenvalue weighted by Crippen LogP contribution is 2.19. The third-order valence-electron chi connectivity index (χ3n) is 4.41. The number of fused-ring (bicyclic) bond motifs is 1. The molecule has 0 radical (unpaired) electrons. The Balaban J connectivity index is 0.000000396. The van der Waals surface area contributed by atoms with Crippen LogP contribution in [-0.4, -0.2) is 59.4 Å². The van der Waals surface area contributed by atoms with Gasteiger partial charge in [-0.1, -0.05) is 0 Å². The van der Waals surface area contributed by atoms with Crippen LogP contribution in [0.4, 0.5) is 13.2 Å². The van der Waals surface area contributed by atoms with Crippen LogP contribution in [0, 0.1) is 5.92 Å². The lowest BCUT2D eigenvalue weighted by atomic mass is 10.1. The van der Waals surface area contributed by atoms with Crippen LogP contribution in [-0.2, 0) is 34.0 Å². The first-order chi connectivity index (χ1) is 14.2. The lowest BCUT2D eigenvalue weighted by Gasteiger charge is -2.23. The second kappa shape index (κ2) is 10.8. The standard InChI is InChI=1S/C17H23N3O3.C2HF3O2/c1-22-8-5-18-17(21)15-10-19(9-14-4-7-23-13-14)12-16-3-2-6-20(16)11-15;3-2(4,5)1(6)7/h2-4,6-7,13,15H,5,8-12H2,1H3,(H,18,21);(H,6,7). The SMILES string of the molecule is COCCNC(=O)C1CN(Cc2ccoc2)Cc2cccn2C1.O=C(O)C(F)(F)F. The fraction of sp³-hybridized carbons (Fsp3) is 0.474. The molecule has 1 aliphatic heterocycles. The minimum absolute atomic E-state index is 0.0765. The van der Waals surface area contributed by atoms with Crippen molar-refractivity contribution in [3.05, 3.63) is 48.2 Å². The summed E-state index contributed by atoms with van der Waals surface area (Å²) in [5.41, 5.74) is 2.37. The van der Waals surface area contributed by atoms with Crippen LogP contribution >= 0.6 is 0 Å². The van der Waals surface area contributed by atoms with Crippen molar-refractivity contribution in [2.24, 2.45) is 5.92 Å². The Hall–Kier alpha value is -2.79. The molecule has 0 saturated carbocycles. The number of carbonyl (C=O) groups excluding carboxylic acids is 1. The molecule has 30 heavy (non-hydrogen) atoms. The highest BCUT2D eigenvalue weighted by atomic mass is 19.4. The van der Waals surface area contributed by atoms with Crippen LogP contribution < -0.4 is 5.32 Å². The Kier molecular flexibility index (Phi) is 8.48. The van der Waals surface area contributed by atoms with Crippen molar-refractivity contribution in [1.82, 2.24) is 14.8 Å². The molecule has 2 N–H and O–H groups in total. The summed E-state index contributed by atoms with van der Waals surface area (Å²) in [5, 5.41) is 10.1. The Morgan fingerprint density at radius 1 is 1.33 bits per heavy atom. The summed E-state index contributed by atoms with van der Waals surface area (Å²) in [4.78, 5) is 23.7. The van der Waals surface area contributed by atoms with E-state index in [1.165, 1.54) is 5.69 Å². The van der Waals surface area contributed by atoms with E-state index in [0.29, 0.717) is 19.7 Å². The van der Waals surface area contributed by atoms with Crippen molar-refractivity contribution >= 4 is 11.9 Å². The first-order valence-electron chi connectivity index (χ1n) is 9.15. The van der Waals surface area contributed by atoms with Crippen LogP contribution in [0.3, 0.4) is 0 Å². The zero-order valence-corrected chi connectivity index (χ0v) is 16.4. The normalized spacial score (nSPS) is 16.7. The maximum absolute atomic E-state index is 12.5. The minimum Gasteiger partial charge on any atom is -0.475 e. The number of nitrogens with zero attached hydrogens (tertiary/aromatic N) is 2. The first kappa shape index (κ1) is 23.5. The Bertz CT molecular complexity index is 805. The fourth-order valence-electron chi connectivity index (χ4n) is 3.02. The van der Waals surface area contributed by atoms with Crippen LogP contribution in [0.2, 0.25) is 0 Å². The van der Waals surface area contributed by atoms with Gasteiger partial charge in [0.1, 0.15) is 0 Å². The van der Waals surface area contributed by atoms with Crippen molar-refractivity contribution in [1.29, 1.82) is 0 Å². The van der Waals surface area contributed by atoms with Gasteiger partial charge in [-0.3, -0.25) is 9.69 Å². The molecule has 0 aromatic carbocycles. The summed E-state index contributed by atoms with van der Waals surface area (Å²) >= 11 is 0. The highest BCUT2D eigenvalue weighted by Gasteiger charge is 2.38. The van der Waals surface area contributed by atoms with E-state index in [2.05, 4.69) is 20.9 Å². The van der Waals surface area contributed by atoms with Crippen LogP contribution in [0.25, 0.3) is 0 Å². The molecule has 0 spiro atoms. The third-order valence-corrected chi connectivity index (χ3v) is 4.41. The predicted molar refractivity (Wildman–Crippen MR) is 99.3 cm³/mol. The average Bonchev–Trinajstić information content (AvgIpc) is 3.30. The highest BCUT2D eigenvalue weighted by molar-refractivity contribution is 5.78. The Labute approximate surface area is 171 Å². The van der Waals surface area contributed by atoms with E-state index in [9.17, 15) is 18.0 Å². The number of methoxy groups -OCH3 is 1. The zero-order valence-electron chi connectivity index (χ0n) is 16.4. The predicted octanol–water partition coefficient (Wildman–Crippen LogP) is 2.11. The lowest BCUT2D eigenvalue weighted by molar-refractivity contribution is -0.192. The first-order valence-corrected chi connectivity index (χ1v) is 9.15. The summed E-state index contributed by atoms with van der Waals surface area (Å²) in [6.07, 6.45) is 0.411. The summed E-state index contributed by atoms with van der Waals surface area (Å²) < 4.78 is 44.1. The molecule has 2 aromatic rings. The molecule has 1 aliphatic rings. The van der Waals surface area contributed by atoms with Gasteiger partial charge >= 0.3 is 12.1 Å². The van der Waals surface area contributed by atoms with Gasteiger partial charge in [-0.05, 0) is 18.2 Å². The number of aromatic nitrogens is 1. The minimum atomic E-state index is -5.08. The van der Waals surface area contributed by atoms with E-state index >= 15 is 0 Å². The smallest absolute Gasteiger partial charge is 0.475 e. The van der Waals surface area contributed by atoms with E-state index < -0.39 is 12.1 Å². The molecule has 1 unspecified atom stereocenters. The number of alkyl halides is 3. The van der Waals surface area contributed by atoms with Crippen molar-refractivity contribution < 1.29 is 37.0 Å². The molecule has 0 bridgehead atoms. The van der Waals surface area contributed by atoms with Gasteiger partial charge in [-0.15, -0.1) is 0 Å². The third kappa shape index (κ3) is 7.23. The summed E-state index contributed by atoms with van der Waals surface area (Å²) in [6, 6.07) is 6.13. The van der Waals surface area contributed by atoms with E-state index in [0.717, 1.165) is 25.2 Å². The quantitative estimate of drug-likeness (QED) is 0.680. The molecule has 11 heteroatoms. The number of nitrogens with one attached hydrogen (secondary N) is 1. The van der Waals surface area contributed by atoms with Gasteiger partial charge in [0.15, 0.2) is 0 Å². The van der Waals surface area contributed by atoms with Crippen molar-refractivity contribution in [2.45, 2.75) is 25.8 Å². The van der Waals surface area contributed by atoms with Crippen molar-refractivity contribution in [3.8, 4) is 0 Å². The largest absolute Gasteiger partial charge is 0.490 e. The number of carboxylic acids is 1. The number of halogens is 3. The van der Waals surface area contributed by atoms with E-state index in [-0.39, 0.29) is 11.8 Å². The van der Waals surface area contributed by atoms with Crippen molar-refractivity contribution in [2.75, 3.05) is 26.8 Å². The second-order valence-corrected chi connectivity index (χ2v) is 6.74. The molecule has 1 atom stereocenters. The van der Waals surface area contributed by atoms with E-state index in [1.54, 1.807) is 19.6 Å². The van der Waals surface area contributed by atoms with Crippen LogP contribution in [0.1, 0.15) is 11.3 Å². The van der Waals surface area contributed by atoms with Crippen molar-refractivity contribution in [3.63, 3.8) is 0 Å². The van der Waals surface area contributed by atoms with Crippen LogP contribution in [0.5, 0.6) is 0 Å². The molecule has 2 aromatic heterocycles. The van der Waals surface area contributed by atoms with Gasteiger partial charge in [0.05, 0.1) is 25.1 Å². The molecule has 8 nitrogen and oxygen atoms in total. The summed E-state index contributed by atoms with van der Waals surface area (Å²) in [7, 11) is 1.64. The molecule has 3 heterocycles. The van der Waals surface area contributed by atoms with E-state index in [1.807, 2.05) is 18.3 Å². The number of hydrogen-bond acceptors (Lipinski definition) is 5. The molecule has 166 valence electrons. The van der Waals surface area contributed by atoms with Gasteiger partial charge < -0.3 is 24.1 Å². The fourth-order valence-corrected chi connectivity index (χ4v) is 3.02. The molecule has 3 rings (SSSR count). The van der Waals surface area contributed by atoms with Gasteiger partial charge in [0.2, 0.25) is 5.91 Å². The lowest BCUT2D eigenvalue weighted by Crippen LogP contribution is -2.39. The Morgan fingerprint density at radius 2 is 2.07 bits per heavy atom. The number of carboxylic acid groups (broad SMARTS) is 1. The van der Waals surface area contributed by atoms with Gasteiger partial charge in [0, 0.05) is 57.3 Å². The Morgan fingerprint density at radius 3 is 2.67 bits per heavy atom. The summed E-state index contributed by atoms with van der Waals surface area (Å²) in [6.45, 7) is 4.14. The molecule has 0 fully saturated rings. The maximum atomic E-state index is 12.5. The average molecular weight is 431 g/mol. The number of rotatable bonds is 6. The zero-order chi connectivity index (χ0) is 22.1. The van der Waals surface area contributed by atoms with Gasteiger partial charge in [-0.25, -0.2) is 4.79 Å². The topological polar surface area (TPSA) is 96.9 Å². The molecular weight excluding hydrogens is 407 g/mol. The monoisotopic (exact) mass is 431 g/mol. The number of aliphatic carboxylic acids is 1. The number of ether oxygens (including phenoxy) is 1. The van der Waals surface area contributed by atoms with Gasteiger partial charge in [-0.2, -0.15) is 13.2 Å². The van der Waals surface area contributed by atoms with Crippen LogP contribution in [0.15, 0.2) is 41.3 Å². The maximum Gasteiger partial charge on any atom is 0.490 e. The second-order valence-electron chi connectivity index (χ2n) is 6.74.